The fourth-order valence-corrected chi connectivity index (χ4v) is 5.24. The molecule has 1 heterocycles. The Morgan fingerprint density at radius 1 is 1.18 bits per heavy atom. The van der Waals surface area contributed by atoms with E-state index in [2.05, 4.69) is 15.0 Å². The number of halogens is 2. The molecule has 4 rings (SSSR count). The van der Waals surface area contributed by atoms with Gasteiger partial charge < -0.3 is 9.64 Å². The van der Waals surface area contributed by atoms with Gasteiger partial charge in [0.05, 0.1) is 23.4 Å². The minimum absolute atomic E-state index is 0.0958. The molecular formula is C23H27F2N5O3S. The van der Waals surface area contributed by atoms with Gasteiger partial charge in [-0.1, -0.05) is 5.21 Å². The quantitative estimate of drug-likeness (QED) is 0.415. The molecule has 0 atom stereocenters. The Morgan fingerprint density at radius 2 is 1.94 bits per heavy atom. The largest absolute Gasteiger partial charge is 0.494 e. The molecule has 2 aromatic carbocycles. The first kappa shape index (κ1) is 24.1. The van der Waals surface area contributed by atoms with Gasteiger partial charge in [-0.25, -0.2) is 21.9 Å². The Morgan fingerprint density at radius 3 is 2.62 bits per heavy atom. The van der Waals surface area contributed by atoms with Crippen LogP contribution in [0.5, 0.6) is 5.75 Å². The molecule has 1 fully saturated rings. The number of hydrogen-bond acceptors (Lipinski definition) is 6. The molecule has 0 saturated heterocycles. The zero-order valence-corrected chi connectivity index (χ0v) is 19.6. The third-order valence-corrected chi connectivity index (χ3v) is 7.35. The Balaban J connectivity index is 1.25. The van der Waals surface area contributed by atoms with Crippen LogP contribution < -0.4 is 14.4 Å². The van der Waals surface area contributed by atoms with E-state index in [0.717, 1.165) is 6.07 Å². The van der Waals surface area contributed by atoms with Crippen molar-refractivity contribution in [3.05, 3.63) is 66.5 Å². The topological polar surface area (TPSA) is 89.4 Å². The number of nitrogens with zero attached hydrogens (tertiary/aromatic N) is 4. The number of sulfonamides is 1. The number of nitrogens with one attached hydrogen (secondary N) is 1. The molecule has 0 bridgehead atoms. The highest BCUT2D eigenvalue weighted by Crippen LogP contribution is 2.30. The summed E-state index contributed by atoms with van der Waals surface area (Å²) >= 11 is 0. The van der Waals surface area contributed by atoms with Crippen molar-refractivity contribution in [2.45, 2.75) is 36.7 Å². The van der Waals surface area contributed by atoms with Crippen molar-refractivity contribution in [2.24, 2.45) is 5.92 Å². The summed E-state index contributed by atoms with van der Waals surface area (Å²) in [5, 5.41) is 7.68. The van der Waals surface area contributed by atoms with Crippen molar-refractivity contribution >= 4 is 15.7 Å². The van der Waals surface area contributed by atoms with Crippen LogP contribution in [0, 0.1) is 17.6 Å². The fraction of sp³-hybridized carbons (Fsp3) is 0.391. The Bertz CT molecular complexity index is 1180. The van der Waals surface area contributed by atoms with Crippen LogP contribution in [0.4, 0.5) is 14.5 Å². The first-order chi connectivity index (χ1) is 16.3. The lowest BCUT2D eigenvalue weighted by atomic mass is 9.81. The number of aromatic nitrogens is 3. The van der Waals surface area contributed by atoms with Gasteiger partial charge >= 0.3 is 0 Å². The monoisotopic (exact) mass is 491 g/mol. The summed E-state index contributed by atoms with van der Waals surface area (Å²) in [6.07, 6.45) is 5.38. The fourth-order valence-electron chi connectivity index (χ4n) is 3.97. The maximum absolute atomic E-state index is 14.7. The first-order valence-electron chi connectivity index (χ1n) is 11.1. The van der Waals surface area contributed by atoms with E-state index >= 15 is 0 Å². The molecule has 0 spiro atoms. The Kier molecular flexibility index (Phi) is 7.42. The summed E-state index contributed by atoms with van der Waals surface area (Å²) in [6, 6.07) is 9.50. The molecule has 182 valence electrons. The molecule has 1 aromatic heterocycles. The summed E-state index contributed by atoms with van der Waals surface area (Å²) in [5.41, 5.74) is 0.303. The summed E-state index contributed by atoms with van der Waals surface area (Å²) in [6.45, 7) is 1.58. The molecular weight excluding hydrogens is 464 g/mol. The standard InChI is InChI=1S/C23H27F2N5O3S/c1-29(10-2-12-33-20-5-3-18(24)4-6-20)23-8-7-21(15-22(23)25)34(31,32)27-19-13-17(14-19)16-30-11-9-26-28-30/h3-9,11,15,17,19,27H,2,10,12-14,16H2,1H3. The summed E-state index contributed by atoms with van der Waals surface area (Å²) in [4.78, 5) is 1.61. The van der Waals surface area contributed by atoms with Crippen molar-refractivity contribution in [1.29, 1.82) is 0 Å². The van der Waals surface area contributed by atoms with Crippen LogP contribution in [0.1, 0.15) is 19.3 Å². The van der Waals surface area contributed by atoms with E-state index in [1.807, 2.05) is 0 Å². The van der Waals surface area contributed by atoms with Gasteiger partial charge in [0, 0.05) is 32.4 Å². The van der Waals surface area contributed by atoms with Crippen molar-refractivity contribution in [3.63, 3.8) is 0 Å². The highest BCUT2D eigenvalue weighted by Gasteiger charge is 2.33. The average molecular weight is 492 g/mol. The highest BCUT2D eigenvalue weighted by atomic mass is 32.2. The second-order valence-corrected chi connectivity index (χ2v) is 10.2. The summed E-state index contributed by atoms with van der Waals surface area (Å²) < 4.78 is 63.0. The van der Waals surface area contributed by atoms with E-state index < -0.39 is 15.8 Å². The predicted octanol–water partition coefficient (Wildman–Crippen LogP) is 3.22. The number of ether oxygens (including phenoxy) is 1. The van der Waals surface area contributed by atoms with Gasteiger partial charge in [0.15, 0.2) is 0 Å². The maximum Gasteiger partial charge on any atom is 0.240 e. The molecule has 34 heavy (non-hydrogen) atoms. The van der Waals surface area contributed by atoms with Gasteiger partial charge in [0.1, 0.15) is 17.4 Å². The van der Waals surface area contributed by atoms with Gasteiger partial charge in [-0.05, 0) is 67.6 Å². The third-order valence-electron chi connectivity index (χ3n) is 5.84. The van der Waals surface area contributed by atoms with E-state index in [9.17, 15) is 17.2 Å². The number of benzene rings is 2. The SMILES string of the molecule is CN(CCCOc1ccc(F)cc1)c1ccc(S(=O)(=O)NC2CC(Cn3ccnn3)C2)cc1F. The third kappa shape index (κ3) is 6.09. The van der Waals surface area contributed by atoms with Gasteiger partial charge in [-0.3, -0.25) is 4.68 Å². The van der Waals surface area contributed by atoms with Crippen molar-refractivity contribution in [3.8, 4) is 5.75 Å². The maximum atomic E-state index is 14.7. The molecule has 1 saturated carbocycles. The van der Waals surface area contributed by atoms with Gasteiger partial charge in [-0.2, -0.15) is 0 Å². The van der Waals surface area contributed by atoms with Crippen LogP contribution in [-0.4, -0.2) is 49.7 Å². The molecule has 8 nitrogen and oxygen atoms in total. The molecule has 3 aromatic rings. The predicted molar refractivity (Wildman–Crippen MR) is 123 cm³/mol. The molecule has 1 aliphatic carbocycles. The van der Waals surface area contributed by atoms with E-state index in [4.69, 9.17) is 4.74 Å². The second kappa shape index (κ2) is 10.5. The molecule has 11 heteroatoms. The van der Waals surface area contributed by atoms with Crippen molar-refractivity contribution in [1.82, 2.24) is 19.7 Å². The van der Waals surface area contributed by atoms with Crippen molar-refractivity contribution < 1.29 is 21.9 Å². The second-order valence-electron chi connectivity index (χ2n) is 8.47. The van der Waals surface area contributed by atoms with Crippen LogP contribution in [0.25, 0.3) is 0 Å². The normalized spacial score (nSPS) is 17.9. The molecule has 0 amide bonds. The van der Waals surface area contributed by atoms with Crippen LogP contribution in [0.15, 0.2) is 59.8 Å². The lowest BCUT2D eigenvalue weighted by molar-refractivity contribution is 0.212. The number of anilines is 1. The van der Waals surface area contributed by atoms with E-state index in [1.165, 1.54) is 24.3 Å². The highest BCUT2D eigenvalue weighted by molar-refractivity contribution is 7.89. The molecule has 0 unspecified atom stereocenters. The van der Waals surface area contributed by atoms with Crippen LogP contribution >= 0.6 is 0 Å². The first-order valence-corrected chi connectivity index (χ1v) is 12.5. The van der Waals surface area contributed by atoms with Gasteiger partial charge in [-0.15, -0.1) is 5.10 Å². The Labute approximate surface area is 197 Å². The van der Waals surface area contributed by atoms with E-state index in [0.29, 0.717) is 56.3 Å². The summed E-state index contributed by atoms with van der Waals surface area (Å²) in [7, 11) is -2.09. The molecule has 0 radical (unpaired) electrons. The zero-order chi connectivity index (χ0) is 24.1. The number of rotatable bonds is 11. The molecule has 1 aliphatic rings. The number of hydrogen-bond donors (Lipinski definition) is 1. The van der Waals surface area contributed by atoms with E-state index in [1.54, 1.807) is 41.2 Å². The molecule has 1 N–H and O–H groups in total. The zero-order valence-electron chi connectivity index (χ0n) is 18.8. The molecule has 0 aliphatic heterocycles. The summed E-state index contributed by atoms with van der Waals surface area (Å²) in [5.74, 6) is -0.0478. The minimum atomic E-state index is -3.82. The smallest absolute Gasteiger partial charge is 0.240 e. The van der Waals surface area contributed by atoms with Gasteiger partial charge in [0.25, 0.3) is 0 Å². The Hall–Kier alpha value is -3.05. The lowest BCUT2D eigenvalue weighted by Crippen LogP contribution is -2.45. The van der Waals surface area contributed by atoms with Crippen LogP contribution in [-0.2, 0) is 16.6 Å². The average Bonchev–Trinajstić information content (AvgIpc) is 3.29. The lowest BCUT2D eigenvalue weighted by Gasteiger charge is -2.35. The minimum Gasteiger partial charge on any atom is -0.494 e. The van der Waals surface area contributed by atoms with Crippen LogP contribution in [0.2, 0.25) is 0 Å². The van der Waals surface area contributed by atoms with Gasteiger partial charge in [0.2, 0.25) is 10.0 Å². The van der Waals surface area contributed by atoms with E-state index in [-0.39, 0.29) is 16.8 Å². The van der Waals surface area contributed by atoms with Crippen molar-refractivity contribution in [2.75, 3.05) is 25.1 Å². The van der Waals surface area contributed by atoms with Crippen LogP contribution in [0.3, 0.4) is 0 Å².